The summed E-state index contributed by atoms with van der Waals surface area (Å²) in [5.41, 5.74) is 2.74. The molecule has 1 aliphatic heterocycles. The molecule has 4 heteroatoms. The fourth-order valence-electron chi connectivity index (χ4n) is 2.83. The summed E-state index contributed by atoms with van der Waals surface area (Å²) in [6.45, 7) is 8.62. The van der Waals surface area contributed by atoms with Crippen LogP contribution in [0.4, 0.5) is 5.69 Å². The van der Waals surface area contributed by atoms with Crippen LogP contribution in [0.15, 0.2) is 22.7 Å². The molecule has 1 saturated heterocycles. The maximum Gasteiger partial charge on any atom is 0.0605 e. The van der Waals surface area contributed by atoms with E-state index in [0.717, 1.165) is 43.5 Å². The van der Waals surface area contributed by atoms with Crippen molar-refractivity contribution in [3.63, 3.8) is 0 Å². The molecule has 1 N–H and O–H groups in total. The van der Waals surface area contributed by atoms with Crippen molar-refractivity contribution in [2.24, 2.45) is 5.92 Å². The van der Waals surface area contributed by atoms with Crippen LogP contribution in [0.2, 0.25) is 0 Å². The lowest BCUT2D eigenvalue weighted by Gasteiger charge is -2.34. The van der Waals surface area contributed by atoms with Gasteiger partial charge in [0.1, 0.15) is 0 Å². The Labute approximate surface area is 137 Å². The maximum atomic E-state index is 5.47. The van der Waals surface area contributed by atoms with Gasteiger partial charge in [0.05, 0.1) is 6.10 Å². The third-order valence-corrected chi connectivity index (χ3v) is 4.52. The number of nitrogens with zero attached hydrogens (tertiary/aromatic N) is 1. The lowest BCUT2D eigenvalue weighted by Crippen LogP contribution is -2.37. The average Bonchev–Trinajstić information content (AvgIpc) is 2.47. The summed E-state index contributed by atoms with van der Waals surface area (Å²) in [5.74, 6) is 0.679. The molecule has 0 radical (unpaired) electrons. The minimum absolute atomic E-state index is 0.430. The summed E-state index contributed by atoms with van der Waals surface area (Å²) in [6, 6.07) is 6.62. The highest BCUT2D eigenvalue weighted by Crippen LogP contribution is 2.27. The highest BCUT2D eigenvalue weighted by Gasteiger charge is 2.20. The van der Waals surface area contributed by atoms with Gasteiger partial charge in [0.15, 0.2) is 0 Å². The Morgan fingerprint density at radius 3 is 2.67 bits per heavy atom. The molecule has 0 unspecified atom stereocenters. The van der Waals surface area contributed by atoms with Crippen molar-refractivity contribution in [3.8, 4) is 0 Å². The predicted octanol–water partition coefficient (Wildman–Crippen LogP) is 3.81. The van der Waals surface area contributed by atoms with E-state index in [0.29, 0.717) is 12.0 Å². The zero-order valence-electron chi connectivity index (χ0n) is 13.4. The van der Waals surface area contributed by atoms with E-state index in [1.54, 1.807) is 0 Å². The van der Waals surface area contributed by atoms with Crippen molar-refractivity contribution in [2.45, 2.75) is 39.3 Å². The van der Waals surface area contributed by atoms with Gasteiger partial charge in [-0.2, -0.15) is 0 Å². The Kier molecular flexibility index (Phi) is 6.52. The molecule has 0 amide bonds. The molecule has 21 heavy (non-hydrogen) atoms. The number of piperidine rings is 1. The summed E-state index contributed by atoms with van der Waals surface area (Å²) in [4.78, 5) is 2.49. The smallest absolute Gasteiger partial charge is 0.0605 e. The van der Waals surface area contributed by atoms with Gasteiger partial charge in [0.2, 0.25) is 0 Å². The first-order valence-electron chi connectivity index (χ1n) is 7.87. The summed E-state index contributed by atoms with van der Waals surface area (Å²) in [7, 11) is 1.82. The minimum Gasteiger partial charge on any atom is -0.381 e. The molecule has 0 spiro atoms. The molecule has 1 heterocycles. The second-order valence-electron chi connectivity index (χ2n) is 6.22. The van der Waals surface area contributed by atoms with Gasteiger partial charge in [0, 0.05) is 36.9 Å². The fraction of sp³-hybridized carbons (Fsp3) is 0.647. The molecule has 118 valence electrons. The van der Waals surface area contributed by atoms with Crippen molar-refractivity contribution in [3.05, 3.63) is 28.2 Å². The Hall–Kier alpha value is -0.580. The summed E-state index contributed by atoms with van der Waals surface area (Å²) in [6.07, 6.45) is 2.66. The summed E-state index contributed by atoms with van der Waals surface area (Å²) < 4.78 is 6.62. The first-order valence-corrected chi connectivity index (χ1v) is 8.66. The number of anilines is 1. The number of hydrogen-bond acceptors (Lipinski definition) is 3. The number of ether oxygens (including phenoxy) is 1. The number of benzene rings is 1. The van der Waals surface area contributed by atoms with Crippen LogP contribution in [0.25, 0.3) is 0 Å². The van der Waals surface area contributed by atoms with Gasteiger partial charge < -0.3 is 15.0 Å². The fourth-order valence-corrected chi connectivity index (χ4v) is 3.24. The van der Waals surface area contributed by atoms with E-state index in [2.05, 4.69) is 58.2 Å². The molecule has 3 nitrogen and oxygen atoms in total. The van der Waals surface area contributed by atoms with Crippen LogP contribution in [0.1, 0.15) is 32.3 Å². The van der Waals surface area contributed by atoms with E-state index in [4.69, 9.17) is 4.74 Å². The van der Waals surface area contributed by atoms with E-state index in [-0.39, 0.29) is 0 Å². The number of nitrogens with one attached hydrogen (secondary N) is 1. The Balaban J connectivity index is 2.04. The van der Waals surface area contributed by atoms with Crippen LogP contribution >= 0.6 is 15.9 Å². The van der Waals surface area contributed by atoms with Crippen molar-refractivity contribution in [1.29, 1.82) is 0 Å². The van der Waals surface area contributed by atoms with Crippen LogP contribution in [-0.4, -0.2) is 32.8 Å². The lowest BCUT2D eigenvalue weighted by molar-refractivity contribution is 0.0819. The second-order valence-corrected chi connectivity index (χ2v) is 7.14. The van der Waals surface area contributed by atoms with E-state index < -0.39 is 0 Å². The zero-order chi connectivity index (χ0) is 15.2. The maximum absolute atomic E-state index is 5.47. The highest BCUT2D eigenvalue weighted by molar-refractivity contribution is 9.10. The Morgan fingerprint density at radius 1 is 1.33 bits per heavy atom. The second kappa shape index (κ2) is 8.16. The third-order valence-electron chi connectivity index (χ3n) is 4.03. The molecule has 0 atom stereocenters. The molecule has 1 aliphatic rings. The zero-order valence-corrected chi connectivity index (χ0v) is 14.9. The van der Waals surface area contributed by atoms with Crippen LogP contribution in [0, 0.1) is 5.92 Å². The molecule has 1 aromatic carbocycles. The van der Waals surface area contributed by atoms with E-state index >= 15 is 0 Å². The minimum atomic E-state index is 0.430. The van der Waals surface area contributed by atoms with Gasteiger partial charge in [-0.25, -0.2) is 0 Å². The van der Waals surface area contributed by atoms with E-state index in [9.17, 15) is 0 Å². The van der Waals surface area contributed by atoms with Gasteiger partial charge in [-0.1, -0.05) is 29.8 Å². The third kappa shape index (κ3) is 4.97. The standard InChI is InChI=1S/C17H27BrN2O/c1-13(2)11-19-12-14-10-15(18)4-5-17(14)20-8-6-16(21-3)7-9-20/h4-5,10,13,16,19H,6-9,11-12H2,1-3H3. The predicted molar refractivity (Wildman–Crippen MR) is 92.9 cm³/mol. The molecule has 0 saturated carbocycles. The molecule has 1 aromatic rings. The molecule has 1 fully saturated rings. The molecule has 0 aliphatic carbocycles. The monoisotopic (exact) mass is 354 g/mol. The van der Waals surface area contributed by atoms with Crippen molar-refractivity contribution >= 4 is 21.6 Å². The molecule has 2 rings (SSSR count). The van der Waals surface area contributed by atoms with Crippen LogP contribution in [0.5, 0.6) is 0 Å². The van der Waals surface area contributed by atoms with Crippen molar-refractivity contribution in [2.75, 3.05) is 31.6 Å². The topological polar surface area (TPSA) is 24.5 Å². The average molecular weight is 355 g/mol. The SMILES string of the molecule is COC1CCN(c2ccc(Br)cc2CNCC(C)C)CC1. The quantitative estimate of drug-likeness (QED) is 0.840. The van der Waals surface area contributed by atoms with Crippen LogP contribution in [0.3, 0.4) is 0 Å². The first-order chi connectivity index (χ1) is 10.1. The van der Waals surface area contributed by atoms with E-state index in [1.165, 1.54) is 11.3 Å². The number of halogens is 1. The first kappa shape index (κ1) is 16.8. The lowest BCUT2D eigenvalue weighted by atomic mass is 10.0. The Bertz CT molecular complexity index is 442. The van der Waals surface area contributed by atoms with Gasteiger partial charge in [-0.3, -0.25) is 0 Å². The van der Waals surface area contributed by atoms with Gasteiger partial charge in [-0.05, 0) is 49.1 Å². The van der Waals surface area contributed by atoms with Gasteiger partial charge in [-0.15, -0.1) is 0 Å². The normalized spacial score (nSPS) is 16.7. The summed E-state index contributed by atoms with van der Waals surface area (Å²) >= 11 is 3.60. The Morgan fingerprint density at radius 2 is 2.05 bits per heavy atom. The largest absolute Gasteiger partial charge is 0.381 e. The van der Waals surface area contributed by atoms with Crippen molar-refractivity contribution in [1.82, 2.24) is 5.32 Å². The van der Waals surface area contributed by atoms with Crippen LogP contribution < -0.4 is 10.2 Å². The molecule has 0 aromatic heterocycles. The molecule has 0 bridgehead atoms. The number of rotatable bonds is 6. The van der Waals surface area contributed by atoms with Gasteiger partial charge >= 0.3 is 0 Å². The number of hydrogen-bond donors (Lipinski definition) is 1. The molecular weight excluding hydrogens is 328 g/mol. The molecular formula is C17H27BrN2O. The van der Waals surface area contributed by atoms with Crippen LogP contribution in [-0.2, 0) is 11.3 Å². The van der Waals surface area contributed by atoms with Crippen molar-refractivity contribution < 1.29 is 4.74 Å². The van der Waals surface area contributed by atoms with Gasteiger partial charge in [0.25, 0.3) is 0 Å². The number of methoxy groups -OCH3 is 1. The van der Waals surface area contributed by atoms with E-state index in [1.807, 2.05) is 7.11 Å². The summed E-state index contributed by atoms with van der Waals surface area (Å²) in [5, 5.41) is 3.56. The highest BCUT2D eigenvalue weighted by atomic mass is 79.9.